The number of ether oxygens (including phenoxy) is 2. The van der Waals surface area contributed by atoms with Gasteiger partial charge in [0.25, 0.3) is 0 Å². The molecule has 0 aliphatic carbocycles. The van der Waals surface area contributed by atoms with Crippen molar-refractivity contribution in [3.63, 3.8) is 0 Å². The molecule has 1 aromatic carbocycles. The Hall–Kier alpha value is -0.740. The molecule has 1 rings (SSSR count). The molecule has 0 radical (unpaired) electrons. The first kappa shape index (κ1) is 14.3. The van der Waals surface area contributed by atoms with Crippen molar-refractivity contribution in [2.75, 3.05) is 14.2 Å². The van der Waals surface area contributed by atoms with Gasteiger partial charge in [-0.25, -0.2) is 0 Å². The molecule has 0 aliphatic heterocycles. The van der Waals surface area contributed by atoms with Crippen molar-refractivity contribution in [1.82, 2.24) is 0 Å². The van der Waals surface area contributed by atoms with Gasteiger partial charge in [0.2, 0.25) is 0 Å². The third-order valence-corrected chi connectivity index (χ3v) is 3.56. The second-order valence-electron chi connectivity index (χ2n) is 4.36. The van der Waals surface area contributed by atoms with Crippen LogP contribution in [0.3, 0.4) is 0 Å². The minimum atomic E-state index is -0.909. The van der Waals surface area contributed by atoms with Crippen LogP contribution < -0.4 is 9.47 Å². The Labute approximate surface area is 111 Å². The Bertz CT molecular complexity index is 408. The maximum absolute atomic E-state index is 10.2. The first-order valence-electron chi connectivity index (χ1n) is 5.53. The van der Waals surface area contributed by atoms with Crippen LogP contribution in [0.25, 0.3) is 0 Å². The number of halogens is 1. The molecule has 0 atom stereocenters. The van der Waals surface area contributed by atoms with E-state index in [1.165, 1.54) is 0 Å². The van der Waals surface area contributed by atoms with Gasteiger partial charge in [-0.1, -0.05) is 6.92 Å². The maximum atomic E-state index is 10.2. The summed E-state index contributed by atoms with van der Waals surface area (Å²) in [6.07, 6.45) is 0.806. The molecule has 0 bridgehead atoms. The van der Waals surface area contributed by atoms with E-state index >= 15 is 0 Å². The number of hydrogen-bond acceptors (Lipinski definition) is 3. The van der Waals surface area contributed by atoms with E-state index in [9.17, 15) is 5.11 Å². The molecule has 96 valence electrons. The first-order valence-corrected chi connectivity index (χ1v) is 6.32. The quantitative estimate of drug-likeness (QED) is 0.928. The van der Waals surface area contributed by atoms with E-state index in [0.717, 1.165) is 22.0 Å². The third kappa shape index (κ3) is 2.75. The molecule has 0 fully saturated rings. The second-order valence-corrected chi connectivity index (χ2v) is 5.16. The predicted molar refractivity (Wildman–Crippen MR) is 71.9 cm³/mol. The summed E-state index contributed by atoms with van der Waals surface area (Å²) < 4.78 is 11.5. The summed E-state index contributed by atoms with van der Waals surface area (Å²) in [5.41, 5.74) is 0.979. The Morgan fingerprint density at radius 1 is 1.29 bits per heavy atom. The molecule has 0 aliphatic rings. The zero-order chi connectivity index (χ0) is 13.2. The van der Waals surface area contributed by atoms with Crippen molar-refractivity contribution in [2.45, 2.75) is 32.8 Å². The number of rotatable bonds is 4. The lowest BCUT2D eigenvalue weighted by atomic mass is 9.91. The largest absolute Gasteiger partial charge is 0.493 e. The van der Waals surface area contributed by atoms with E-state index in [2.05, 4.69) is 15.9 Å². The lowest BCUT2D eigenvalue weighted by Gasteiger charge is -2.24. The van der Waals surface area contributed by atoms with E-state index in [4.69, 9.17) is 9.47 Å². The van der Waals surface area contributed by atoms with Gasteiger partial charge in [-0.2, -0.15) is 0 Å². The van der Waals surface area contributed by atoms with Gasteiger partial charge >= 0.3 is 0 Å². The van der Waals surface area contributed by atoms with Gasteiger partial charge in [0, 0.05) is 0 Å². The lowest BCUT2D eigenvalue weighted by Crippen LogP contribution is -2.18. The summed E-state index contributed by atoms with van der Waals surface area (Å²) in [5, 5.41) is 10.2. The summed E-state index contributed by atoms with van der Waals surface area (Å²) in [4.78, 5) is 0. The van der Waals surface area contributed by atoms with Crippen molar-refractivity contribution >= 4 is 15.9 Å². The number of aliphatic hydroxyl groups is 1. The predicted octanol–water partition coefficient (Wildman–Crippen LogP) is 3.26. The fourth-order valence-corrected chi connectivity index (χ4v) is 2.73. The topological polar surface area (TPSA) is 38.7 Å². The molecule has 0 amide bonds. The van der Waals surface area contributed by atoms with Crippen LogP contribution in [0.4, 0.5) is 0 Å². The molecule has 0 unspecified atom stereocenters. The van der Waals surface area contributed by atoms with E-state index in [1.54, 1.807) is 28.1 Å². The van der Waals surface area contributed by atoms with Crippen LogP contribution in [-0.2, 0) is 12.0 Å². The minimum Gasteiger partial charge on any atom is -0.493 e. The first-order chi connectivity index (χ1) is 7.86. The van der Waals surface area contributed by atoms with Crippen LogP contribution in [0.2, 0.25) is 0 Å². The lowest BCUT2D eigenvalue weighted by molar-refractivity contribution is 0.0772. The Kier molecular flexibility index (Phi) is 4.44. The molecule has 0 heterocycles. The number of methoxy groups -OCH3 is 2. The van der Waals surface area contributed by atoms with Crippen molar-refractivity contribution < 1.29 is 14.6 Å². The maximum Gasteiger partial charge on any atom is 0.175 e. The van der Waals surface area contributed by atoms with Crippen molar-refractivity contribution in [3.8, 4) is 11.5 Å². The Balaban J connectivity index is 3.57. The van der Waals surface area contributed by atoms with Crippen molar-refractivity contribution in [2.24, 2.45) is 0 Å². The smallest absolute Gasteiger partial charge is 0.175 e. The molecule has 1 N–H and O–H groups in total. The number of benzene rings is 1. The SMILES string of the molecule is CCc1c(C(C)(C)O)cc(OC)c(OC)c1Br. The molecular weight excluding hydrogens is 284 g/mol. The average molecular weight is 303 g/mol. The average Bonchev–Trinajstić information content (AvgIpc) is 2.26. The highest BCUT2D eigenvalue weighted by atomic mass is 79.9. The van der Waals surface area contributed by atoms with Gasteiger partial charge in [-0.15, -0.1) is 0 Å². The second kappa shape index (κ2) is 5.27. The van der Waals surface area contributed by atoms with E-state index in [1.807, 2.05) is 13.0 Å². The summed E-state index contributed by atoms with van der Waals surface area (Å²) in [6, 6.07) is 1.84. The summed E-state index contributed by atoms with van der Waals surface area (Å²) in [7, 11) is 3.19. The molecule has 4 heteroatoms. The molecule has 0 spiro atoms. The summed E-state index contributed by atoms with van der Waals surface area (Å²) >= 11 is 3.52. The third-order valence-electron chi connectivity index (χ3n) is 2.73. The zero-order valence-corrected chi connectivity index (χ0v) is 12.5. The van der Waals surface area contributed by atoms with Gasteiger partial charge in [-0.05, 0) is 53.4 Å². The highest BCUT2D eigenvalue weighted by Crippen LogP contribution is 2.42. The Morgan fingerprint density at radius 2 is 1.88 bits per heavy atom. The van der Waals surface area contributed by atoms with Crippen molar-refractivity contribution in [1.29, 1.82) is 0 Å². The zero-order valence-electron chi connectivity index (χ0n) is 10.9. The minimum absolute atomic E-state index is 0.619. The molecule has 17 heavy (non-hydrogen) atoms. The van der Waals surface area contributed by atoms with Gasteiger partial charge in [0.05, 0.1) is 24.3 Å². The van der Waals surface area contributed by atoms with Crippen LogP contribution >= 0.6 is 15.9 Å². The van der Waals surface area contributed by atoms with E-state index in [-0.39, 0.29) is 0 Å². The standard InChI is InChI=1S/C13H19BrO3/c1-6-8-9(13(2,3)15)7-10(16-4)12(17-5)11(8)14/h7,15H,6H2,1-5H3. The fourth-order valence-electron chi connectivity index (χ4n) is 1.88. The molecule has 3 nitrogen and oxygen atoms in total. The van der Waals surface area contributed by atoms with Gasteiger partial charge in [0.15, 0.2) is 11.5 Å². The van der Waals surface area contributed by atoms with Gasteiger partial charge in [0.1, 0.15) is 0 Å². The molecule has 1 aromatic rings. The highest BCUT2D eigenvalue weighted by molar-refractivity contribution is 9.10. The van der Waals surface area contributed by atoms with Gasteiger partial charge < -0.3 is 14.6 Å². The normalized spacial score (nSPS) is 11.5. The van der Waals surface area contributed by atoms with Crippen molar-refractivity contribution in [3.05, 3.63) is 21.7 Å². The molecule has 0 saturated heterocycles. The van der Waals surface area contributed by atoms with Crippen LogP contribution in [0, 0.1) is 0 Å². The monoisotopic (exact) mass is 302 g/mol. The van der Waals surface area contributed by atoms with E-state index < -0.39 is 5.60 Å². The fraction of sp³-hybridized carbons (Fsp3) is 0.538. The number of hydrogen-bond donors (Lipinski definition) is 1. The van der Waals surface area contributed by atoms with E-state index in [0.29, 0.717) is 11.5 Å². The highest BCUT2D eigenvalue weighted by Gasteiger charge is 2.25. The van der Waals surface area contributed by atoms with Crippen LogP contribution in [0.15, 0.2) is 10.5 Å². The van der Waals surface area contributed by atoms with Crippen LogP contribution in [0.1, 0.15) is 31.9 Å². The van der Waals surface area contributed by atoms with Crippen LogP contribution in [0.5, 0.6) is 11.5 Å². The van der Waals surface area contributed by atoms with Gasteiger partial charge in [-0.3, -0.25) is 0 Å². The molecular formula is C13H19BrO3. The van der Waals surface area contributed by atoms with Crippen LogP contribution in [-0.4, -0.2) is 19.3 Å². The molecule has 0 saturated carbocycles. The summed E-state index contributed by atoms with van der Waals surface area (Å²) in [6.45, 7) is 5.57. The molecule has 0 aromatic heterocycles. The summed E-state index contributed by atoms with van der Waals surface area (Å²) in [5.74, 6) is 1.28. The Morgan fingerprint density at radius 3 is 2.24 bits per heavy atom.